The van der Waals surface area contributed by atoms with Crippen LogP contribution in [0.25, 0.3) is 0 Å². The van der Waals surface area contributed by atoms with E-state index in [9.17, 15) is 14.7 Å². The van der Waals surface area contributed by atoms with Crippen molar-refractivity contribution in [3.63, 3.8) is 0 Å². The lowest BCUT2D eigenvalue weighted by Crippen LogP contribution is -2.32. The molecule has 0 heterocycles. The number of hydrogen-bond acceptors (Lipinski definition) is 3. The highest BCUT2D eigenvalue weighted by atomic mass is 16.4. The zero-order valence-electron chi connectivity index (χ0n) is 11.3. The third kappa shape index (κ3) is 3.29. The Kier molecular flexibility index (Phi) is 4.61. The summed E-state index contributed by atoms with van der Waals surface area (Å²) in [6.07, 6.45) is 3.68. The Morgan fingerprint density at radius 2 is 1.95 bits per heavy atom. The van der Waals surface area contributed by atoms with E-state index in [1.807, 2.05) is 6.07 Å². The van der Waals surface area contributed by atoms with Crippen LogP contribution in [0.4, 0.5) is 5.69 Å². The number of rotatable bonds is 5. The fraction of sp³-hybridized carbons (Fsp3) is 0.467. The van der Waals surface area contributed by atoms with Gasteiger partial charge in [0.15, 0.2) is 0 Å². The van der Waals surface area contributed by atoms with Gasteiger partial charge in [-0.3, -0.25) is 9.59 Å². The summed E-state index contributed by atoms with van der Waals surface area (Å²) in [6.45, 7) is 0.557. The van der Waals surface area contributed by atoms with Gasteiger partial charge < -0.3 is 16.2 Å². The summed E-state index contributed by atoms with van der Waals surface area (Å²) in [4.78, 5) is 22.6. The number of carboxylic acids is 1. The van der Waals surface area contributed by atoms with E-state index in [1.54, 1.807) is 18.2 Å². The minimum Gasteiger partial charge on any atom is -0.481 e. The SMILES string of the molecule is NC(=O)c1ccccc1NCC1CCCCC1C(=O)O. The topological polar surface area (TPSA) is 92.4 Å². The van der Waals surface area contributed by atoms with Gasteiger partial charge in [-0.2, -0.15) is 0 Å². The summed E-state index contributed by atoms with van der Waals surface area (Å²) < 4.78 is 0. The Morgan fingerprint density at radius 1 is 1.25 bits per heavy atom. The molecule has 1 aliphatic rings. The minimum absolute atomic E-state index is 0.0992. The number of carboxylic acid groups (broad SMARTS) is 1. The normalized spacial score (nSPS) is 22.2. The minimum atomic E-state index is -0.723. The first kappa shape index (κ1) is 14.4. The van der Waals surface area contributed by atoms with Crippen LogP contribution in [0.1, 0.15) is 36.0 Å². The fourth-order valence-electron chi connectivity index (χ4n) is 2.87. The lowest BCUT2D eigenvalue weighted by atomic mass is 9.79. The number of anilines is 1. The molecular formula is C15H20N2O3. The highest BCUT2D eigenvalue weighted by Gasteiger charge is 2.30. The molecule has 5 nitrogen and oxygen atoms in total. The Balaban J connectivity index is 2.04. The average Bonchev–Trinajstić information content (AvgIpc) is 2.45. The van der Waals surface area contributed by atoms with Crippen LogP contribution < -0.4 is 11.1 Å². The molecule has 1 amide bonds. The Bertz CT molecular complexity index is 502. The standard InChI is InChI=1S/C15H20N2O3/c16-14(18)12-7-3-4-8-13(12)17-9-10-5-1-2-6-11(10)15(19)20/h3-4,7-8,10-11,17H,1-2,5-6,9H2,(H2,16,18)(H,19,20). The molecule has 20 heavy (non-hydrogen) atoms. The van der Waals surface area contributed by atoms with Crippen molar-refractivity contribution in [2.75, 3.05) is 11.9 Å². The second-order valence-corrected chi connectivity index (χ2v) is 5.28. The number of hydrogen-bond donors (Lipinski definition) is 3. The highest BCUT2D eigenvalue weighted by Crippen LogP contribution is 2.30. The molecule has 1 aromatic carbocycles. The number of carbonyl (C=O) groups is 2. The van der Waals surface area contributed by atoms with Crippen molar-refractivity contribution in [1.29, 1.82) is 0 Å². The van der Waals surface area contributed by atoms with Crippen molar-refractivity contribution in [1.82, 2.24) is 0 Å². The second kappa shape index (κ2) is 6.41. The maximum Gasteiger partial charge on any atom is 0.306 e. The van der Waals surface area contributed by atoms with Crippen molar-refractivity contribution in [3.05, 3.63) is 29.8 Å². The van der Waals surface area contributed by atoms with Gasteiger partial charge in [-0.1, -0.05) is 25.0 Å². The lowest BCUT2D eigenvalue weighted by molar-refractivity contribution is -0.144. The van der Waals surface area contributed by atoms with Crippen LogP contribution in [0.2, 0.25) is 0 Å². The van der Waals surface area contributed by atoms with Gasteiger partial charge in [0.05, 0.1) is 11.5 Å². The molecular weight excluding hydrogens is 256 g/mol. The third-order valence-corrected chi connectivity index (χ3v) is 3.97. The smallest absolute Gasteiger partial charge is 0.306 e. The Morgan fingerprint density at radius 3 is 2.65 bits per heavy atom. The maximum absolute atomic E-state index is 11.3. The van der Waals surface area contributed by atoms with Gasteiger partial charge in [0, 0.05) is 12.2 Å². The lowest BCUT2D eigenvalue weighted by Gasteiger charge is -2.29. The molecule has 108 valence electrons. The molecule has 0 aromatic heterocycles. The number of nitrogens with two attached hydrogens (primary N) is 1. The number of primary amides is 1. The van der Waals surface area contributed by atoms with E-state index in [0.717, 1.165) is 25.7 Å². The molecule has 2 unspecified atom stereocenters. The zero-order chi connectivity index (χ0) is 14.5. The number of nitrogens with one attached hydrogen (secondary N) is 1. The maximum atomic E-state index is 11.3. The van der Waals surface area contributed by atoms with Crippen molar-refractivity contribution < 1.29 is 14.7 Å². The van der Waals surface area contributed by atoms with Crippen LogP contribution in [0.5, 0.6) is 0 Å². The van der Waals surface area contributed by atoms with Crippen LogP contribution >= 0.6 is 0 Å². The van der Waals surface area contributed by atoms with Gasteiger partial charge in [-0.25, -0.2) is 0 Å². The van der Waals surface area contributed by atoms with Crippen molar-refractivity contribution in [2.45, 2.75) is 25.7 Å². The molecule has 0 saturated heterocycles. The van der Waals surface area contributed by atoms with E-state index in [0.29, 0.717) is 17.8 Å². The van der Waals surface area contributed by atoms with Gasteiger partial charge in [0.25, 0.3) is 5.91 Å². The summed E-state index contributed by atoms with van der Waals surface area (Å²) in [5.41, 5.74) is 6.44. The van der Waals surface area contributed by atoms with Gasteiger partial charge in [-0.05, 0) is 30.9 Å². The molecule has 2 rings (SSSR count). The summed E-state index contributed by atoms with van der Waals surface area (Å²) in [6, 6.07) is 7.04. The number of benzene rings is 1. The first-order valence-corrected chi connectivity index (χ1v) is 6.95. The van der Waals surface area contributed by atoms with Crippen molar-refractivity contribution >= 4 is 17.6 Å². The van der Waals surface area contributed by atoms with E-state index in [1.165, 1.54) is 0 Å². The molecule has 0 bridgehead atoms. The first-order valence-electron chi connectivity index (χ1n) is 6.95. The fourth-order valence-corrected chi connectivity index (χ4v) is 2.87. The van der Waals surface area contributed by atoms with Gasteiger partial charge in [0.1, 0.15) is 0 Å². The van der Waals surface area contributed by atoms with E-state index < -0.39 is 11.9 Å². The molecule has 5 heteroatoms. The van der Waals surface area contributed by atoms with Gasteiger partial charge in [0.2, 0.25) is 0 Å². The largest absolute Gasteiger partial charge is 0.481 e. The molecule has 4 N–H and O–H groups in total. The Hall–Kier alpha value is -2.04. The zero-order valence-corrected chi connectivity index (χ0v) is 11.3. The summed E-state index contributed by atoms with van der Waals surface area (Å²) in [5, 5.41) is 12.4. The van der Waals surface area contributed by atoms with E-state index >= 15 is 0 Å². The van der Waals surface area contributed by atoms with Crippen LogP contribution in [0, 0.1) is 11.8 Å². The molecule has 1 aliphatic carbocycles. The van der Waals surface area contributed by atoms with Crippen LogP contribution in [0.3, 0.4) is 0 Å². The number of carbonyl (C=O) groups excluding carboxylic acids is 1. The van der Waals surface area contributed by atoms with Crippen molar-refractivity contribution in [2.24, 2.45) is 17.6 Å². The third-order valence-electron chi connectivity index (χ3n) is 3.97. The Labute approximate surface area is 118 Å². The predicted molar refractivity (Wildman–Crippen MR) is 76.5 cm³/mol. The average molecular weight is 276 g/mol. The van der Waals surface area contributed by atoms with Crippen LogP contribution in [0.15, 0.2) is 24.3 Å². The molecule has 2 atom stereocenters. The summed E-state index contributed by atoms with van der Waals surface area (Å²) in [7, 11) is 0. The van der Waals surface area contributed by atoms with Crippen LogP contribution in [-0.4, -0.2) is 23.5 Å². The molecule has 0 radical (unpaired) electrons. The molecule has 1 aromatic rings. The number of amides is 1. The summed E-state index contributed by atoms with van der Waals surface area (Å²) >= 11 is 0. The second-order valence-electron chi connectivity index (χ2n) is 5.28. The molecule has 1 saturated carbocycles. The molecule has 0 spiro atoms. The molecule has 1 fully saturated rings. The van der Waals surface area contributed by atoms with E-state index in [4.69, 9.17) is 5.73 Å². The van der Waals surface area contributed by atoms with Crippen molar-refractivity contribution in [3.8, 4) is 0 Å². The quantitative estimate of drug-likeness (QED) is 0.767. The van der Waals surface area contributed by atoms with Gasteiger partial charge in [-0.15, -0.1) is 0 Å². The summed E-state index contributed by atoms with van der Waals surface area (Å²) in [5.74, 6) is -1.40. The number of aliphatic carboxylic acids is 1. The monoisotopic (exact) mass is 276 g/mol. The van der Waals surface area contributed by atoms with Crippen LogP contribution in [-0.2, 0) is 4.79 Å². The van der Waals surface area contributed by atoms with E-state index in [-0.39, 0.29) is 11.8 Å². The highest BCUT2D eigenvalue weighted by molar-refractivity contribution is 5.98. The molecule has 0 aliphatic heterocycles. The first-order chi connectivity index (χ1) is 9.59. The van der Waals surface area contributed by atoms with E-state index in [2.05, 4.69) is 5.32 Å². The predicted octanol–water partition coefficient (Wildman–Crippen LogP) is 2.09. The van der Waals surface area contributed by atoms with Gasteiger partial charge >= 0.3 is 5.97 Å². The number of para-hydroxylation sites is 1.